The Morgan fingerprint density at radius 2 is 1.65 bits per heavy atom. The fraction of sp³-hybridized carbons (Fsp3) is 0.562. The van der Waals surface area contributed by atoms with Gasteiger partial charge in [-0.1, -0.05) is 30.3 Å². The van der Waals surface area contributed by atoms with Crippen LogP contribution in [-0.2, 0) is 11.2 Å². The van der Waals surface area contributed by atoms with Gasteiger partial charge in [0, 0.05) is 24.7 Å². The summed E-state index contributed by atoms with van der Waals surface area (Å²) in [5.74, 6) is 0. The van der Waals surface area contributed by atoms with Gasteiger partial charge < -0.3 is 5.32 Å². The predicted molar refractivity (Wildman–Crippen MR) is 90.5 cm³/mol. The molecule has 4 heteroatoms. The average molecular weight is 296 g/mol. The second-order valence-corrected chi connectivity index (χ2v) is 5.56. The third kappa shape index (κ3) is 6.44. The number of hydrogen-bond acceptors (Lipinski definition) is 2. The molecule has 0 fully saturated rings. The van der Waals surface area contributed by atoms with Crippen LogP contribution in [0.25, 0.3) is 0 Å². The largest absolute Gasteiger partial charge is 0.354 e. The lowest BCUT2D eigenvalue weighted by Gasteiger charge is -2.33. The molecule has 0 unspecified atom stereocenters. The third-order valence-corrected chi connectivity index (χ3v) is 3.39. The highest BCUT2D eigenvalue weighted by Gasteiger charge is 2.18. The first-order valence-electron chi connectivity index (χ1n) is 7.04. The van der Waals surface area contributed by atoms with Gasteiger partial charge in [0.2, 0.25) is 6.41 Å². The molecule has 0 heterocycles. The van der Waals surface area contributed by atoms with E-state index in [4.69, 9.17) is 0 Å². The third-order valence-electron chi connectivity index (χ3n) is 3.39. The molecule has 0 radical (unpaired) electrons. The molecule has 0 aliphatic heterocycles. The van der Waals surface area contributed by atoms with Gasteiger partial charge in [-0.3, -0.25) is 9.69 Å². The zero-order valence-corrected chi connectivity index (χ0v) is 14.0. The number of carbonyl (C=O) groups is 1. The molecule has 0 saturated carbocycles. The molecule has 0 spiro atoms. The van der Waals surface area contributed by atoms with Crippen molar-refractivity contribution in [3.63, 3.8) is 0 Å². The molecule has 1 aromatic carbocycles. The molecule has 0 aliphatic rings. The van der Waals surface area contributed by atoms with Crippen molar-refractivity contribution in [2.75, 3.05) is 6.54 Å². The van der Waals surface area contributed by atoms with Gasteiger partial charge in [-0.15, -0.1) is 0 Å². The second kappa shape index (κ2) is 9.83. The van der Waals surface area contributed by atoms with E-state index in [1.165, 1.54) is 5.56 Å². The van der Waals surface area contributed by atoms with E-state index >= 15 is 0 Å². The SMILES string of the molecule is CC(C)N(C[C@H](Cc1ccccc1)NC=O)C(C)C.S. The Bertz CT molecular complexity index is 360. The van der Waals surface area contributed by atoms with E-state index < -0.39 is 0 Å². The number of benzene rings is 1. The van der Waals surface area contributed by atoms with E-state index in [0.29, 0.717) is 12.1 Å². The van der Waals surface area contributed by atoms with Gasteiger partial charge in [0.25, 0.3) is 0 Å². The molecule has 1 N–H and O–H groups in total. The Morgan fingerprint density at radius 1 is 1.10 bits per heavy atom. The summed E-state index contributed by atoms with van der Waals surface area (Å²) in [6.45, 7) is 9.66. The summed E-state index contributed by atoms with van der Waals surface area (Å²) in [6, 6.07) is 11.4. The first kappa shape index (κ1) is 19.0. The summed E-state index contributed by atoms with van der Waals surface area (Å²) in [7, 11) is 0. The quantitative estimate of drug-likeness (QED) is 0.748. The fourth-order valence-electron chi connectivity index (χ4n) is 2.44. The molecule has 0 aromatic heterocycles. The van der Waals surface area contributed by atoms with Crippen LogP contribution in [0, 0.1) is 0 Å². The molecule has 0 aliphatic carbocycles. The maximum atomic E-state index is 10.8. The number of nitrogens with one attached hydrogen (secondary N) is 1. The summed E-state index contributed by atoms with van der Waals surface area (Å²) in [5.41, 5.74) is 1.26. The van der Waals surface area contributed by atoms with Crippen LogP contribution in [0.2, 0.25) is 0 Å². The van der Waals surface area contributed by atoms with Gasteiger partial charge in [0.05, 0.1) is 0 Å². The lowest BCUT2D eigenvalue weighted by molar-refractivity contribution is -0.110. The first-order valence-corrected chi connectivity index (χ1v) is 7.04. The minimum atomic E-state index is 0. The van der Waals surface area contributed by atoms with Crippen molar-refractivity contribution in [2.45, 2.75) is 52.2 Å². The number of nitrogens with zero attached hydrogens (tertiary/aromatic N) is 1. The van der Waals surface area contributed by atoms with E-state index in [1.54, 1.807) is 0 Å². The van der Waals surface area contributed by atoms with Gasteiger partial charge >= 0.3 is 0 Å². The van der Waals surface area contributed by atoms with Crippen molar-refractivity contribution in [1.29, 1.82) is 0 Å². The van der Waals surface area contributed by atoms with Crippen LogP contribution in [0.15, 0.2) is 30.3 Å². The first-order chi connectivity index (χ1) is 9.04. The summed E-state index contributed by atoms with van der Waals surface area (Å²) in [4.78, 5) is 13.2. The smallest absolute Gasteiger partial charge is 0.207 e. The maximum Gasteiger partial charge on any atom is 0.207 e. The highest BCUT2D eigenvalue weighted by atomic mass is 32.1. The maximum absolute atomic E-state index is 10.8. The molecule has 1 atom stereocenters. The topological polar surface area (TPSA) is 32.3 Å². The van der Waals surface area contributed by atoms with Gasteiger partial charge in [0.15, 0.2) is 0 Å². The van der Waals surface area contributed by atoms with Crippen molar-refractivity contribution < 1.29 is 4.79 Å². The van der Waals surface area contributed by atoms with Crippen LogP contribution in [-0.4, -0.2) is 36.0 Å². The van der Waals surface area contributed by atoms with Gasteiger partial charge in [0.1, 0.15) is 0 Å². The molecular formula is C16H28N2OS. The molecule has 0 saturated heterocycles. The van der Waals surface area contributed by atoms with Crippen LogP contribution in [0.1, 0.15) is 33.3 Å². The Balaban J connectivity index is 0.00000361. The Morgan fingerprint density at radius 3 is 2.10 bits per heavy atom. The normalized spacial score (nSPS) is 12.3. The van der Waals surface area contributed by atoms with Crippen molar-refractivity contribution in [3.05, 3.63) is 35.9 Å². The lowest BCUT2D eigenvalue weighted by atomic mass is 10.0. The van der Waals surface area contributed by atoms with Crippen LogP contribution in [0.4, 0.5) is 0 Å². The minimum Gasteiger partial charge on any atom is -0.354 e. The summed E-state index contributed by atoms with van der Waals surface area (Å²) >= 11 is 0. The molecule has 114 valence electrons. The molecule has 20 heavy (non-hydrogen) atoms. The average Bonchev–Trinajstić information content (AvgIpc) is 2.36. The van der Waals surface area contributed by atoms with E-state index in [1.807, 2.05) is 18.2 Å². The predicted octanol–water partition coefficient (Wildman–Crippen LogP) is 2.58. The van der Waals surface area contributed by atoms with Crippen LogP contribution in [0.3, 0.4) is 0 Å². The Labute approximate surface area is 130 Å². The summed E-state index contributed by atoms with van der Waals surface area (Å²) in [6.07, 6.45) is 1.68. The van der Waals surface area contributed by atoms with Crippen LogP contribution in [0.5, 0.6) is 0 Å². The zero-order chi connectivity index (χ0) is 14.3. The zero-order valence-electron chi connectivity index (χ0n) is 13.0. The van der Waals surface area contributed by atoms with Crippen molar-refractivity contribution in [3.8, 4) is 0 Å². The summed E-state index contributed by atoms with van der Waals surface area (Å²) < 4.78 is 0. The van der Waals surface area contributed by atoms with Crippen LogP contribution < -0.4 is 5.32 Å². The Hall–Kier alpha value is -1.000. The number of carbonyl (C=O) groups excluding carboxylic acids is 1. The second-order valence-electron chi connectivity index (χ2n) is 5.56. The molecule has 1 rings (SSSR count). The van der Waals surface area contributed by atoms with Gasteiger partial charge in [-0.05, 0) is 39.7 Å². The van der Waals surface area contributed by atoms with Crippen LogP contribution >= 0.6 is 13.5 Å². The Kier molecular flexibility index (Phi) is 9.34. The summed E-state index contributed by atoms with van der Waals surface area (Å²) in [5, 5.41) is 2.95. The monoisotopic (exact) mass is 296 g/mol. The highest BCUT2D eigenvalue weighted by molar-refractivity contribution is 7.59. The number of hydrogen-bond donors (Lipinski definition) is 1. The molecule has 3 nitrogen and oxygen atoms in total. The number of amides is 1. The molecule has 1 aromatic rings. The molecular weight excluding hydrogens is 268 g/mol. The van der Waals surface area contributed by atoms with Gasteiger partial charge in [-0.2, -0.15) is 13.5 Å². The van der Waals surface area contributed by atoms with E-state index in [-0.39, 0.29) is 19.5 Å². The van der Waals surface area contributed by atoms with Crippen molar-refractivity contribution in [2.24, 2.45) is 0 Å². The molecule has 0 bridgehead atoms. The van der Waals surface area contributed by atoms with E-state index in [0.717, 1.165) is 19.4 Å². The highest BCUT2D eigenvalue weighted by Crippen LogP contribution is 2.09. The fourth-order valence-corrected chi connectivity index (χ4v) is 2.44. The lowest BCUT2D eigenvalue weighted by Crippen LogP contribution is -2.47. The van der Waals surface area contributed by atoms with Crippen molar-refractivity contribution >= 4 is 19.9 Å². The molecule has 1 amide bonds. The van der Waals surface area contributed by atoms with E-state index in [2.05, 4.69) is 50.0 Å². The van der Waals surface area contributed by atoms with Gasteiger partial charge in [-0.25, -0.2) is 0 Å². The van der Waals surface area contributed by atoms with Crippen molar-refractivity contribution in [1.82, 2.24) is 10.2 Å². The standard InChI is InChI=1S/C16H26N2O.H2S/c1-13(2)18(14(3)4)11-16(17-12-19)10-15-8-6-5-7-9-15;/h5-9,12-14,16H,10-11H2,1-4H3,(H,17,19);1H2/t16-;/m0./s1. The van der Waals surface area contributed by atoms with E-state index in [9.17, 15) is 4.79 Å². The number of rotatable bonds is 8. The minimum absolute atomic E-state index is 0.